The van der Waals surface area contributed by atoms with Crippen LogP contribution in [0, 0.1) is 5.92 Å². The molecule has 1 saturated heterocycles. The van der Waals surface area contributed by atoms with Crippen LogP contribution in [0.25, 0.3) is 0 Å². The van der Waals surface area contributed by atoms with Crippen molar-refractivity contribution in [2.75, 3.05) is 18.8 Å². The Morgan fingerprint density at radius 1 is 1.19 bits per heavy atom. The van der Waals surface area contributed by atoms with Crippen LogP contribution >= 0.6 is 24.0 Å². The molecule has 0 spiro atoms. The SMILES string of the molecule is O=C(CCCSC(=S)NCCC1=CCCCC1)N1CCCC2CCCCC21. The summed E-state index contributed by atoms with van der Waals surface area (Å²) >= 11 is 7.14. The Morgan fingerprint density at radius 3 is 2.89 bits per heavy atom. The molecule has 3 rings (SSSR count). The Labute approximate surface area is 175 Å². The number of likely N-dealkylation sites (tertiary alicyclic amines) is 1. The predicted molar refractivity (Wildman–Crippen MR) is 120 cm³/mol. The maximum Gasteiger partial charge on any atom is 0.222 e. The second-order valence-corrected chi connectivity index (χ2v) is 10.1. The maximum absolute atomic E-state index is 12.7. The molecule has 1 heterocycles. The van der Waals surface area contributed by atoms with Gasteiger partial charge in [-0.1, -0.05) is 48.5 Å². The Hall–Kier alpha value is -0.550. The Bertz CT molecular complexity index is 532. The molecule has 1 N–H and O–H groups in total. The summed E-state index contributed by atoms with van der Waals surface area (Å²) in [6, 6.07) is 0.546. The standard InChI is InChI=1S/C22H36N2OS2/c25-21(24-16-6-11-19-10-4-5-12-20(19)24)13-7-17-27-22(26)23-15-14-18-8-2-1-3-9-18/h8,19-20H,1-7,9-17H2,(H,23,26). The summed E-state index contributed by atoms with van der Waals surface area (Å²) in [6.07, 6.45) is 18.1. The van der Waals surface area contributed by atoms with Crippen LogP contribution in [-0.4, -0.2) is 40.0 Å². The first-order chi connectivity index (χ1) is 13.2. The largest absolute Gasteiger partial charge is 0.371 e. The number of carbonyl (C=O) groups is 1. The number of nitrogens with zero attached hydrogens (tertiary/aromatic N) is 1. The molecule has 1 amide bonds. The lowest BCUT2D eigenvalue weighted by Crippen LogP contribution is -2.49. The number of amides is 1. The van der Waals surface area contributed by atoms with Crippen LogP contribution in [0.5, 0.6) is 0 Å². The average molecular weight is 409 g/mol. The monoisotopic (exact) mass is 408 g/mol. The fraction of sp³-hybridized carbons (Fsp3) is 0.818. The van der Waals surface area contributed by atoms with Crippen LogP contribution < -0.4 is 5.32 Å². The summed E-state index contributed by atoms with van der Waals surface area (Å²) in [7, 11) is 0. The molecule has 0 bridgehead atoms. The van der Waals surface area contributed by atoms with Gasteiger partial charge < -0.3 is 10.2 Å². The number of fused-ring (bicyclic) bond motifs is 1. The number of carbonyl (C=O) groups excluding carboxylic acids is 1. The number of nitrogens with one attached hydrogen (secondary N) is 1. The zero-order valence-electron chi connectivity index (χ0n) is 16.7. The van der Waals surface area contributed by atoms with Crippen molar-refractivity contribution in [2.24, 2.45) is 5.92 Å². The van der Waals surface area contributed by atoms with Gasteiger partial charge >= 0.3 is 0 Å². The first-order valence-electron chi connectivity index (χ1n) is 11.1. The van der Waals surface area contributed by atoms with E-state index in [0.29, 0.717) is 18.4 Å². The average Bonchev–Trinajstić information content (AvgIpc) is 2.71. The van der Waals surface area contributed by atoms with Crippen LogP contribution in [0.2, 0.25) is 0 Å². The van der Waals surface area contributed by atoms with Crippen molar-refractivity contribution in [3.63, 3.8) is 0 Å². The lowest BCUT2D eigenvalue weighted by atomic mass is 9.78. The molecular formula is C22H36N2OS2. The minimum atomic E-state index is 0.385. The second-order valence-electron chi connectivity index (χ2n) is 8.37. The van der Waals surface area contributed by atoms with Gasteiger partial charge in [0.1, 0.15) is 4.32 Å². The zero-order valence-corrected chi connectivity index (χ0v) is 18.4. The molecule has 0 aromatic heterocycles. The molecule has 2 aliphatic carbocycles. The first-order valence-corrected chi connectivity index (χ1v) is 12.5. The van der Waals surface area contributed by atoms with Gasteiger partial charge in [0.25, 0.3) is 0 Å². The molecule has 3 aliphatic rings. The van der Waals surface area contributed by atoms with Gasteiger partial charge in [0, 0.05) is 31.3 Å². The van der Waals surface area contributed by atoms with Crippen molar-refractivity contribution >= 4 is 34.2 Å². The first kappa shape index (κ1) is 21.2. The molecular weight excluding hydrogens is 372 g/mol. The van der Waals surface area contributed by atoms with Crippen molar-refractivity contribution in [3.05, 3.63) is 11.6 Å². The summed E-state index contributed by atoms with van der Waals surface area (Å²) in [5.41, 5.74) is 1.59. The topological polar surface area (TPSA) is 32.3 Å². The van der Waals surface area contributed by atoms with E-state index in [1.54, 1.807) is 17.3 Å². The fourth-order valence-electron chi connectivity index (χ4n) is 4.97. The fourth-order valence-corrected chi connectivity index (χ4v) is 6.00. The maximum atomic E-state index is 12.7. The van der Waals surface area contributed by atoms with E-state index in [-0.39, 0.29) is 0 Å². The summed E-state index contributed by atoms with van der Waals surface area (Å²) in [5, 5.41) is 3.38. The summed E-state index contributed by atoms with van der Waals surface area (Å²) in [6.45, 7) is 1.94. The Morgan fingerprint density at radius 2 is 2.04 bits per heavy atom. The van der Waals surface area contributed by atoms with Crippen LogP contribution in [0.4, 0.5) is 0 Å². The van der Waals surface area contributed by atoms with Crippen molar-refractivity contribution in [1.82, 2.24) is 10.2 Å². The van der Waals surface area contributed by atoms with E-state index >= 15 is 0 Å². The number of thiocarbonyl (C=S) groups is 1. The number of rotatable bonds is 7. The van der Waals surface area contributed by atoms with Gasteiger partial charge in [-0.05, 0) is 70.1 Å². The second kappa shape index (κ2) is 11.5. The molecule has 3 nitrogen and oxygen atoms in total. The summed E-state index contributed by atoms with van der Waals surface area (Å²) in [5.74, 6) is 2.11. The zero-order chi connectivity index (χ0) is 18.9. The number of allylic oxidation sites excluding steroid dienone is 1. The quantitative estimate of drug-likeness (QED) is 0.345. The van der Waals surface area contributed by atoms with Crippen LogP contribution in [0.1, 0.15) is 83.5 Å². The Kier molecular flexibility index (Phi) is 8.98. The van der Waals surface area contributed by atoms with Gasteiger partial charge in [-0.2, -0.15) is 0 Å². The molecule has 5 heteroatoms. The van der Waals surface area contributed by atoms with Gasteiger partial charge in [0.15, 0.2) is 0 Å². The summed E-state index contributed by atoms with van der Waals surface area (Å²) < 4.78 is 0.893. The highest BCUT2D eigenvalue weighted by atomic mass is 32.2. The number of hydrogen-bond donors (Lipinski definition) is 1. The van der Waals surface area contributed by atoms with Crippen molar-refractivity contribution < 1.29 is 4.79 Å². The molecule has 2 fully saturated rings. The molecule has 1 aliphatic heterocycles. The van der Waals surface area contributed by atoms with Gasteiger partial charge in [-0.25, -0.2) is 0 Å². The van der Waals surface area contributed by atoms with E-state index in [1.165, 1.54) is 64.2 Å². The predicted octanol–water partition coefficient (Wildman–Crippen LogP) is 5.45. The van der Waals surface area contributed by atoms with Crippen molar-refractivity contribution in [1.29, 1.82) is 0 Å². The van der Waals surface area contributed by atoms with E-state index in [2.05, 4.69) is 16.3 Å². The molecule has 1 saturated carbocycles. The lowest BCUT2D eigenvalue weighted by molar-refractivity contribution is -0.137. The molecule has 0 radical (unpaired) electrons. The molecule has 2 atom stereocenters. The minimum Gasteiger partial charge on any atom is -0.371 e. The van der Waals surface area contributed by atoms with Crippen LogP contribution in [-0.2, 0) is 4.79 Å². The summed E-state index contributed by atoms with van der Waals surface area (Å²) in [4.78, 5) is 14.9. The molecule has 2 unspecified atom stereocenters. The van der Waals surface area contributed by atoms with Gasteiger partial charge in [0.05, 0.1) is 0 Å². The van der Waals surface area contributed by atoms with Crippen molar-refractivity contribution in [2.45, 2.75) is 89.5 Å². The van der Waals surface area contributed by atoms with E-state index in [4.69, 9.17) is 12.2 Å². The number of thioether (sulfide) groups is 1. The molecule has 0 aromatic carbocycles. The van der Waals surface area contributed by atoms with E-state index in [0.717, 1.165) is 41.9 Å². The third-order valence-electron chi connectivity index (χ3n) is 6.43. The smallest absolute Gasteiger partial charge is 0.222 e. The van der Waals surface area contributed by atoms with Crippen LogP contribution in [0.3, 0.4) is 0 Å². The van der Waals surface area contributed by atoms with Crippen LogP contribution in [0.15, 0.2) is 11.6 Å². The molecule has 152 valence electrons. The normalized spacial score (nSPS) is 25.5. The highest BCUT2D eigenvalue weighted by Crippen LogP contribution is 2.35. The van der Waals surface area contributed by atoms with Gasteiger partial charge in [0.2, 0.25) is 5.91 Å². The third-order valence-corrected chi connectivity index (χ3v) is 7.83. The van der Waals surface area contributed by atoms with E-state index in [9.17, 15) is 4.79 Å². The van der Waals surface area contributed by atoms with E-state index < -0.39 is 0 Å². The lowest BCUT2D eigenvalue weighted by Gasteiger charge is -2.44. The highest BCUT2D eigenvalue weighted by molar-refractivity contribution is 8.22. The minimum absolute atomic E-state index is 0.385. The van der Waals surface area contributed by atoms with Gasteiger partial charge in [-0.15, -0.1) is 0 Å². The third kappa shape index (κ3) is 6.77. The molecule has 0 aromatic rings. The van der Waals surface area contributed by atoms with Crippen molar-refractivity contribution in [3.8, 4) is 0 Å². The Balaban J connectivity index is 1.27. The van der Waals surface area contributed by atoms with Gasteiger partial charge in [-0.3, -0.25) is 4.79 Å². The number of hydrogen-bond acceptors (Lipinski definition) is 3. The highest BCUT2D eigenvalue weighted by Gasteiger charge is 2.35. The number of piperidine rings is 1. The van der Waals surface area contributed by atoms with E-state index in [1.807, 2.05) is 0 Å². The molecule has 27 heavy (non-hydrogen) atoms.